The van der Waals surface area contributed by atoms with Gasteiger partial charge in [-0.2, -0.15) is 0 Å². The van der Waals surface area contributed by atoms with Crippen LogP contribution in [0.3, 0.4) is 0 Å². The molecule has 0 aliphatic rings. The second-order valence-electron chi connectivity index (χ2n) is 5.02. The highest BCUT2D eigenvalue weighted by Crippen LogP contribution is 2.02. The van der Waals surface area contributed by atoms with Crippen LogP contribution in [-0.2, 0) is 9.47 Å². The van der Waals surface area contributed by atoms with Crippen molar-refractivity contribution in [2.75, 3.05) is 47.1 Å². The van der Waals surface area contributed by atoms with Crippen LogP contribution in [0, 0.1) is 0 Å². The fourth-order valence-corrected chi connectivity index (χ4v) is 1.54. The molecule has 0 aliphatic carbocycles. The number of hydrogen-bond donors (Lipinski definition) is 1. The van der Waals surface area contributed by atoms with Crippen molar-refractivity contribution in [1.82, 2.24) is 4.90 Å². The van der Waals surface area contributed by atoms with Gasteiger partial charge in [0.15, 0.2) is 0 Å². The van der Waals surface area contributed by atoms with Gasteiger partial charge in [0.2, 0.25) is 0 Å². The molecule has 0 heterocycles. The lowest BCUT2D eigenvalue weighted by atomic mass is 10.2. The molecule has 0 radical (unpaired) electrons. The summed E-state index contributed by atoms with van der Waals surface area (Å²) in [6.45, 7) is 5.24. The maximum absolute atomic E-state index is 9.59. The number of hydrogen-bond acceptors (Lipinski definition) is 4. The van der Waals surface area contributed by atoms with Gasteiger partial charge < -0.3 is 19.5 Å². The number of ether oxygens (including phenoxy) is 2. The van der Waals surface area contributed by atoms with Crippen LogP contribution in [0.15, 0.2) is 0 Å². The fraction of sp³-hybridized carbons (Fsp3) is 1.00. The highest BCUT2D eigenvalue weighted by Gasteiger charge is 2.04. The largest absolute Gasteiger partial charge is 0.388 e. The van der Waals surface area contributed by atoms with Crippen molar-refractivity contribution in [3.05, 3.63) is 0 Å². The van der Waals surface area contributed by atoms with Gasteiger partial charge >= 0.3 is 0 Å². The first-order valence-electron chi connectivity index (χ1n) is 7.15. The molecule has 0 amide bonds. The van der Waals surface area contributed by atoms with Gasteiger partial charge in [-0.3, -0.25) is 0 Å². The second-order valence-corrected chi connectivity index (χ2v) is 5.02. The lowest BCUT2D eigenvalue weighted by Gasteiger charge is -2.13. The molecule has 0 fully saturated rings. The Hall–Kier alpha value is -0.160. The van der Waals surface area contributed by atoms with Crippen LogP contribution < -0.4 is 0 Å². The molecule has 110 valence electrons. The number of aliphatic hydroxyl groups is 1. The molecule has 4 heteroatoms. The van der Waals surface area contributed by atoms with Gasteiger partial charge in [-0.05, 0) is 20.5 Å². The van der Waals surface area contributed by atoms with Gasteiger partial charge in [0, 0.05) is 13.2 Å². The predicted molar refractivity (Wildman–Crippen MR) is 75.0 cm³/mol. The van der Waals surface area contributed by atoms with Crippen LogP contribution >= 0.6 is 0 Å². The van der Waals surface area contributed by atoms with Crippen molar-refractivity contribution in [2.24, 2.45) is 0 Å². The third-order valence-electron chi connectivity index (χ3n) is 2.70. The van der Waals surface area contributed by atoms with Gasteiger partial charge in [-0.25, -0.2) is 0 Å². The molecule has 0 saturated heterocycles. The van der Waals surface area contributed by atoms with Gasteiger partial charge in [0.1, 0.15) is 6.10 Å². The Labute approximate surface area is 112 Å². The van der Waals surface area contributed by atoms with E-state index >= 15 is 0 Å². The molecular formula is C14H31NO3. The number of rotatable bonds is 13. The lowest BCUT2D eigenvalue weighted by molar-refractivity contribution is -0.0214. The highest BCUT2D eigenvalue weighted by molar-refractivity contribution is 4.52. The third-order valence-corrected chi connectivity index (χ3v) is 2.70. The monoisotopic (exact) mass is 261 g/mol. The minimum atomic E-state index is -0.497. The first kappa shape index (κ1) is 17.8. The van der Waals surface area contributed by atoms with E-state index in [1.165, 1.54) is 25.7 Å². The second kappa shape index (κ2) is 13.3. The van der Waals surface area contributed by atoms with Crippen molar-refractivity contribution in [3.63, 3.8) is 0 Å². The molecule has 0 aliphatic heterocycles. The molecule has 0 saturated carbocycles. The zero-order valence-electron chi connectivity index (χ0n) is 12.4. The summed E-state index contributed by atoms with van der Waals surface area (Å²) in [6, 6.07) is 0. The summed E-state index contributed by atoms with van der Waals surface area (Å²) in [5.74, 6) is 0. The van der Waals surface area contributed by atoms with Crippen LogP contribution in [0.4, 0.5) is 0 Å². The number of nitrogens with zero attached hydrogens (tertiary/aromatic N) is 1. The van der Waals surface area contributed by atoms with Crippen LogP contribution in [0.25, 0.3) is 0 Å². The first-order valence-corrected chi connectivity index (χ1v) is 7.15. The van der Waals surface area contributed by atoms with Crippen molar-refractivity contribution in [2.45, 2.75) is 45.1 Å². The molecule has 1 atom stereocenters. The number of unbranched alkanes of at least 4 members (excludes halogenated alkanes) is 4. The number of aliphatic hydroxyl groups excluding tert-OH is 1. The van der Waals surface area contributed by atoms with Crippen LogP contribution in [0.5, 0.6) is 0 Å². The molecule has 0 rings (SSSR count). The average molecular weight is 261 g/mol. The first-order chi connectivity index (χ1) is 8.66. The molecule has 1 N–H and O–H groups in total. The van der Waals surface area contributed by atoms with Gasteiger partial charge in [-0.15, -0.1) is 0 Å². The highest BCUT2D eigenvalue weighted by atomic mass is 16.5. The minimum Gasteiger partial charge on any atom is -0.388 e. The van der Waals surface area contributed by atoms with Crippen molar-refractivity contribution < 1.29 is 14.6 Å². The molecule has 0 bridgehead atoms. The van der Waals surface area contributed by atoms with E-state index < -0.39 is 6.10 Å². The van der Waals surface area contributed by atoms with Gasteiger partial charge in [0.25, 0.3) is 0 Å². The SMILES string of the molecule is CCCCCCCOCC(O)COCCN(C)C. The predicted octanol–water partition coefficient (Wildman–Crippen LogP) is 1.91. The Morgan fingerprint density at radius 2 is 1.56 bits per heavy atom. The molecule has 1 unspecified atom stereocenters. The summed E-state index contributed by atoms with van der Waals surface area (Å²) in [4.78, 5) is 2.05. The van der Waals surface area contributed by atoms with Gasteiger partial charge in [0.05, 0.1) is 19.8 Å². The summed E-state index contributed by atoms with van der Waals surface area (Å²) in [5, 5.41) is 9.59. The van der Waals surface area contributed by atoms with E-state index in [1.54, 1.807) is 0 Å². The Morgan fingerprint density at radius 1 is 0.944 bits per heavy atom. The van der Waals surface area contributed by atoms with Crippen molar-refractivity contribution >= 4 is 0 Å². The van der Waals surface area contributed by atoms with Crippen LogP contribution in [0.1, 0.15) is 39.0 Å². The Kier molecular flexibility index (Phi) is 13.2. The van der Waals surface area contributed by atoms with Gasteiger partial charge in [-0.1, -0.05) is 32.6 Å². The zero-order chi connectivity index (χ0) is 13.6. The van der Waals surface area contributed by atoms with E-state index in [0.29, 0.717) is 19.8 Å². The van der Waals surface area contributed by atoms with E-state index in [9.17, 15) is 5.11 Å². The van der Waals surface area contributed by atoms with Crippen LogP contribution in [-0.4, -0.2) is 63.2 Å². The minimum absolute atomic E-state index is 0.365. The van der Waals surface area contributed by atoms with Crippen molar-refractivity contribution in [1.29, 1.82) is 0 Å². The molecule has 18 heavy (non-hydrogen) atoms. The molecule has 0 spiro atoms. The third kappa shape index (κ3) is 13.9. The molecular weight excluding hydrogens is 230 g/mol. The Bertz CT molecular complexity index is 165. The Balaban J connectivity index is 3.14. The summed E-state index contributed by atoms with van der Waals surface area (Å²) >= 11 is 0. The van der Waals surface area contributed by atoms with E-state index in [0.717, 1.165) is 19.6 Å². The van der Waals surface area contributed by atoms with Crippen LogP contribution in [0.2, 0.25) is 0 Å². The van der Waals surface area contributed by atoms with E-state index in [-0.39, 0.29) is 0 Å². The number of likely N-dealkylation sites (N-methyl/N-ethyl adjacent to an activating group) is 1. The quantitative estimate of drug-likeness (QED) is 0.514. The van der Waals surface area contributed by atoms with E-state index in [4.69, 9.17) is 9.47 Å². The fourth-order valence-electron chi connectivity index (χ4n) is 1.54. The van der Waals surface area contributed by atoms with Crippen molar-refractivity contribution in [3.8, 4) is 0 Å². The summed E-state index contributed by atoms with van der Waals surface area (Å²) in [6.07, 6.45) is 5.68. The van der Waals surface area contributed by atoms with E-state index in [2.05, 4.69) is 11.8 Å². The smallest absolute Gasteiger partial charge is 0.101 e. The molecule has 0 aromatic heterocycles. The summed E-state index contributed by atoms with van der Waals surface area (Å²) < 4.78 is 10.8. The molecule has 0 aromatic carbocycles. The zero-order valence-corrected chi connectivity index (χ0v) is 12.4. The standard InChI is InChI=1S/C14H31NO3/c1-4-5-6-7-8-10-17-12-14(16)13-18-11-9-15(2)3/h14,16H,4-13H2,1-3H3. The topological polar surface area (TPSA) is 41.9 Å². The lowest BCUT2D eigenvalue weighted by Crippen LogP contribution is -2.25. The summed E-state index contributed by atoms with van der Waals surface area (Å²) in [5.41, 5.74) is 0. The van der Waals surface area contributed by atoms with E-state index in [1.807, 2.05) is 14.1 Å². The summed E-state index contributed by atoms with van der Waals surface area (Å²) in [7, 11) is 4.00. The normalized spacial score (nSPS) is 13.2. The molecule has 0 aromatic rings. The maximum Gasteiger partial charge on any atom is 0.101 e. The average Bonchev–Trinajstić information content (AvgIpc) is 2.33. The maximum atomic E-state index is 9.59. The molecule has 4 nitrogen and oxygen atoms in total. The Morgan fingerprint density at radius 3 is 2.17 bits per heavy atom.